The Balaban J connectivity index is 2.43. The summed E-state index contributed by atoms with van der Waals surface area (Å²) < 4.78 is 4.97. The highest BCUT2D eigenvalue weighted by atomic mass is 16.5. The second-order valence-electron chi connectivity index (χ2n) is 4.04. The third-order valence-electron chi connectivity index (χ3n) is 2.87. The third kappa shape index (κ3) is 3.81. The molecule has 1 aliphatic rings. The molecule has 0 bridgehead atoms. The van der Waals surface area contributed by atoms with E-state index in [9.17, 15) is 9.59 Å². The minimum Gasteiger partial charge on any atom is -0.481 e. The molecule has 2 atom stereocenters. The number of carboxylic acid groups (broad SMARTS) is 1. The molecule has 0 aliphatic heterocycles. The molecule has 1 saturated carbocycles. The fraction of sp³-hybridized carbons (Fsp3) is 0.818. The van der Waals surface area contributed by atoms with E-state index in [1.807, 2.05) is 6.92 Å². The summed E-state index contributed by atoms with van der Waals surface area (Å²) in [4.78, 5) is 22.4. The van der Waals surface area contributed by atoms with Crippen LogP contribution >= 0.6 is 0 Å². The molecule has 2 unspecified atom stereocenters. The van der Waals surface area contributed by atoms with Crippen molar-refractivity contribution in [3.05, 3.63) is 0 Å². The summed E-state index contributed by atoms with van der Waals surface area (Å²) in [6.45, 7) is 2.31. The number of hydrogen-bond acceptors (Lipinski definition) is 3. The van der Waals surface area contributed by atoms with E-state index in [0.717, 1.165) is 19.3 Å². The molecule has 0 spiro atoms. The first-order chi connectivity index (χ1) is 7.65. The monoisotopic (exact) mass is 229 g/mol. The van der Waals surface area contributed by atoms with Crippen LogP contribution < -0.4 is 5.32 Å². The fourth-order valence-electron chi connectivity index (χ4n) is 2.04. The van der Waals surface area contributed by atoms with E-state index >= 15 is 0 Å². The summed E-state index contributed by atoms with van der Waals surface area (Å²) in [5, 5.41) is 11.8. The van der Waals surface area contributed by atoms with Crippen molar-refractivity contribution in [1.82, 2.24) is 5.32 Å². The van der Waals surface area contributed by atoms with E-state index in [4.69, 9.17) is 9.84 Å². The number of ether oxygens (including phenoxy) is 1. The molecule has 0 heterocycles. The van der Waals surface area contributed by atoms with Gasteiger partial charge in [-0.1, -0.05) is 12.8 Å². The Morgan fingerprint density at radius 1 is 1.38 bits per heavy atom. The lowest BCUT2D eigenvalue weighted by atomic mass is 9.84. The van der Waals surface area contributed by atoms with Gasteiger partial charge in [-0.25, -0.2) is 0 Å². The largest absolute Gasteiger partial charge is 0.481 e. The van der Waals surface area contributed by atoms with Crippen molar-refractivity contribution in [2.24, 2.45) is 5.92 Å². The lowest BCUT2D eigenvalue weighted by molar-refractivity contribution is -0.144. The molecule has 5 nitrogen and oxygen atoms in total. The average molecular weight is 229 g/mol. The van der Waals surface area contributed by atoms with Gasteiger partial charge < -0.3 is 15.2 Å². The smallest absolute Gasteiger partial charge is 0.308 e. The predicted molar refractivity (Wildman–Crippen MR) is 58.0 cm³/mol. The maximum Gasteiger partial charge on any atom is 0.308 e. The first kappa shape index (κ1) is 13.0. The van der Waals surface area contributed by atoms with Gasteiger partial charge in [0, 0.05) is 12.6 Å². The molecule has 1 amide bonds. The van der Waals surface area contributed by atoms with Crippen LogP contribution in [0.1, 0.15) is 32.6 Å². The number of amides is 1. The molecule has 1 aliphatic carbocycles. The Morgan fingerprint density at radius 2 is 2.06 bits per heavy atom. The average Bonchev–Trinajstić information content (AvgIpc) is 2.27. The topological polar surface area (TPSA) is 75.6 Å². The zero-order chi connectivity index (χ0) is 12.0. The van der Waals surface area contributed by atoms with Crippen molar-refractivity contribution in [2.45, 2.75) is 38.6 Å². The van der Waals surface area contributed by atoms with Gasteiger partial charge >= 0.3 is 5.97 Å². The SMILES string of the molecule is CCOCC(=O)NC1CCCCC1C(=O)O. The second-order valence-corrected chi connectivity index (χ2v) is 4.04. The quantitative estimate of drug-likeness (QED) is 0.730. The molecule has 92 valence electrons. The van der Waals surface area contributed by atoms with E-state index in [0.29, 0.717) is 13.0 Å². The van der Waals surface area contributed by atoms with Gasteiger partial charge in [0.05, 0.1) is 5.92 Å². The van der Waals surface area contributed by atoms with Crippen LogP contribution in [-0.4, -0.2) is 36.2 Å². The first-order valence-electron chi connectivity index (χ1n) is 5.75. The summed E-state index contributed by atoms with van der Waals surface area (Å²) in [6.07, 6.45) is 3.29. The molecule has 16 heavy (non-hydrogen) atoms. The summed E-state index contributed by atoms with van der Waals surface area (Å²) in [7, 11) is 0. The van der Waals surface area contributed by atoms with Crippen molar-refractivity contribution in [3.8, 4) is 0 Å². The molecule has 0 aromatic carbocycles. The van der Waals surface area contributed by atoms with Crippen molar-refractivity contribution >= 4 is 11.9 Å². The summed E-state index contributed by atoms with van der Waals surface area (Å²) in [5.41, 5.74) is 0. The molecular formula is C11H19NO4. The molecule has 0 aromatic rings. The normalized spacial score (nSPS) is 25.1. The number of rotatable bonds is 5. The van der Waals surface area contributed by atoms with Gasteiger partial charge in [-0.05, 0) is 19.8 Å². The van der Waals surface area contributed by atoms with Crippen LogP contribution in [0.25, 0.3) is 0 Å². The Kier molecular flexibility index (Phi) is 5.25. The van der Waals surface area contributed by atoms with Gasteiger partial charge in [-0.15, -0.1) is 0 Å². The Hall–Kier alpha value is -1.10. The lowest BCUT2D eigenvalue weighted by Gasteiger charge is -2.29. The van der Waals surface area contributed by atoms with E-state index < -0.39 is 11.9 Å². The number of carbonyl (C=O) groups is 2. The lowest BCUT2D eigenvalue weighted by Crippen LogP contribution is -2.46. The van der Waals surface area contributed by atoms with Crippen molar-refractivity contribution < 1.29 is 19.4 Å². The van der Waals surface area contributed by atoms with Crippen molar-refractivity contribution in [3.63, 3.8) is 0 Å². The number of carbonyl (C=O) groups excluding carboxylic acids is 1. The highest BCUT2D eigenvalue weighted by Gasteiger charge is 2.31. The third-order valence-corrected chi connectivity index (χ3v) is 2.87. The maximum absolute atomic E-state index is 11.4. The minimum atomic E-state index is -0.818. The fourth-order valence-corrected chi connectivity index (χ4v) is 2.04. The predicted octanol–water partition coefficient (Wildman–Crippen LogP) is 0.782. The molecule has 1 fully saturated rings. The minimum absolute atomic E-state index is 0.0132. The van der Waals surface area contributed by atoms with Crippen LogP contribution in [0.3, 0.4) is 0 Å². The Bertz CT molecular complexity index is 254. The number of hydrogen-bond donors (Lipinski definition) is 2. The van der Waals surface area contributed by atoms with Crippen LogP contribution in [0, 0.1) is 5.92 Å². The first-order valence-corrected chi connectivity index (χ1v) is 5.75. The van der Waals surface area contributed by atoms with Crippen molar-refractivity contribution in [2.75, 3.05) is 13.2 Å². The number of aliphatic carboxylic acids is 1. The van der Waals surface area contributed by atoms with Crippen molar-refractivity contribution in [1.29, 1.82) is 0 Å². The van der Waals surface area contributed by atoms with Crippen LogP contribution in [0.4, 0.5) is 0 Å². The van der Waals surface area contributed by atoms with Gasteiger partial charge in [0.25, 0.3) is 0 Å². The Labute approximate surface area is 95.2 Å². The molecular weight excluding hydrogens is 210 g/mol. The Morgan fingerprint density at radius 3 is 2.69 bits per heavy atom. The van der Waals surface area contributed by atoms with E-state index in [1.165, 1.54) is 0 Å². The molecule has 2 N–H and O–H groups in total. The highest BCUT2D eigenvalue weighted by molar-refractivity contribution is 5.79. The molecule has 0 saturated heterocycles. The zero-order valence-corrected chi connectivity index (χ0v) is 9.57. The van der Waals surface area contributed by atoms with Crippen LogP contribution in [0.5, 0.6) is 0 Å². The van der Waals surface area contributed by atoms with E-state index in [-0.39, 0.29) is 18.6 Å². The number of carboxylic acids is 1. The second kappa shape index (κ2) is 6.48. The standard InChI is InChI=1S/C11H19NO4/c1-2-16-7-10(13)12-9-6-4-3-5-8(9)11(14)15/h8-9H,2-7H2,1H3,(H,12,13)(H,14,15). The maximum atomic E-state index is 11.4. The zero-order valence-electron chi connectivity index (χ0n) is 9.57. The number of nitrogens with one attached hydrogen (secondary N) is 1. The molecule has 0 radical (unpaired) electrons. The van der Waals surface area contributed by atoms with Gasteiger partial charge in [0.1, 0.15) is 6.61 Å². The van der Waals surface area contributed by atoms with Gasteiger partial charge in [0.2, 0.25) is 5.91 Å². The van der Waals surface area contributed by atoms with E-state index in [1.54, 1.807) is 0 Å². The van der Waals surface area contributed by atoms with Gasteiger partial charge in [-0.3, -0.25) is 9.59 Å². The van der Waals surface area contributed by atoms with Crippen LogP contribution in [0.2, 0.25) is 0 Å². The summed E-state index contributed by atoms with van der Waals surface area (Å²) in [5.74, 6) is -1.49. The molecule has 5 heteroatoms. The van der Waals surface area contributed by atoms with Gasteiger partial charge in [-0.2, -0.15) is 0 Å². The summed E-state index contributed by atoms with van der Waals surface area (Å²) >= 11 is 0. The van der Waals surface area contributed by atoms with Gasteiger partial charge in [0.15, 0.2) is 0 Å². The summed E-state index contributed by atoms with van der Waals surface area (Å²) in [6, 6.07) is -0.237. The molecule has 1 rings (SSSR count). The van der Waals surface area contributed by atoms with Crippen LogP contribution in [-0.2, 0) is 14.3 Å². The van der Waals surface area contributed by atoms with Crippen LogP contribution in [0.15, 0.2) is 0 Å². The molecule has 0 aromatic heterocycles. The van der Waals surface area contributed by atoms with E-state index in [2.05, 4.69) is 5.32 Å². The highest BCUT2D eigenvalue weighted by Crippen LogP contribution is 2.24.